The summed E-state index contributed by atoms with van der Waals surface area (Å²) in [6.07, 6.45) is 0. The molecule has 1 heterocycles. The van der Waals surface area contributed by atoms with Gasteiger partial charge in [-0.3, -0.25) is 14.9 Å². The van der Waals surface area contributed by atoms with Crippen LogP contribution in [0.2, 0.25) is 0 Å². The van der Waals surface area contributed by atoms with Gasteiger partial charge >= 0.3 is 0 Å². The molecule has 0 unspecified atom stereocenters. The smallest absolute Gasteiger partial charge is 0.261 e. The molecule has 0 saturated carbocycles. The quantitative estimate of drug-likeness (QED) is 0.644. The van der Waals surface area contributed by atoms with Crippen molar-refractivity contribution in [2.75, 3.05) is 11.9 Å². The summed E-state index contributed by atoms with van der Waals surface area (Å²) < 4.78 is 5.50. The first-order valence-corrected chi connectivity index (χ1v) is 9.02. The van der Waals surface area contributed by atoms with E-state index in [-0.39, 0.29) is 11.7 Å². The van der Waals surface area contributed by atoms with Crippen molar-refractivity contribution in [1.29, 1.82) is 0 Å². The molecular formula is C20H18N2O3S. The predicted molar refractivity (Wildman–Crippen MR) is 103 cm³/mol. The molecule has 1 N–H and O–H groups in total. The third-order valence-corrected chi connectivity index (χ3v) is 4.72. The van der Waals surface area contributed by atoms with Crippen LogP contribution in [0, 0.1) is 0 Å². The number of hydrogen-bond acceptors (Lipinski definition) is 5. The number of thiazole rings is 1. The number of ether oxygens (including phenoxy) is 1. The molecule has 132 valence electrons. The van der Waals surface area contributed by atoms with Crippen LogP contribution in [0.4, 0.5) is 5.13 Å². The highest BCUT2D eigenvalue weighted by atomic mass is 32.1. The number of Topliss-reactive ketones (excluding diaryl/α,β-unsaturated/α-hetero) is 1. The fourth-order valence-corrected chi connectivity index (χ4v) is 3.38. The Balaban J connectivity index is 1.91. The van der Waals surface area contributed by atoms with E-state index in [0.717, 1.165) is 5.56 Å². The summed E-state index contributed by atoms with van der Waals surface area (Å²) in [5.74, 6) is 0.105. The van der Waals surface area contributed by atoms with E-state index in [0.29, 0.717) is 33.6 Å². The minimum Gasteiger partial charge on any atom is -0.493 e. The molecule has 5 nitrogen and oxygen atoms in total. The van der Waals surface area contributed by atoms with Gasteiger partial charge in [0.25, 0.3) is 5.91 Å². The standard InChI is InChI=1S/C20H18N2O3S/c1-3-25-16-12-8-7-11-15(16)19(24)22-20-21-17(18(26-20)13(2)23)14-9-5-4-6-10-14/h4-12H,3H2,1-2H3,(H,21,22,24). The lowest BCUT2D eigenvalue weighted by atomic mass is 10.1. The third kappa shape index (κ3) is 3.81. The second-order valence-corrected chi connectivity index (χ2v) is 6.50. The number of benzene rings is 2. The Labute approximate surface area is 155 Å². The molecule has 0 radical (unpaired) electrons. The minimum atomic E-state index is -0.322. The van der Waals surface area contributed by atoms with Crippen LogP contribution < -0.4 is 10.1 Å². The van der Waals surface area contributed by atoms with Crippen molar-refractivity contribution in [1.82, 2.24) is 4.98 Å². The first-order valence-electron chi connectivity index (χ1n) is 8.20. The molecule has 26 heavy (non-hydrogen) atoms. The Morgan fingerprint density at radius 2 is 1.77 bits per heavy atom. The summed E-state index contributed by atoms with van der Waals surface area (Å²) in [7, 11) is 0. The lowest BCUT2D eigenvalue weighted by Gasteiger charge is -2.08. The van der Waals surface area contributed by atoms with E-state index in [1.165, 1.54) is 18.3 Å². The number of carbonyl (C=O) groups is 2. The molecule has 2 aromatic carbocycles. The van der Waals surface area contributed by atoms with Crippen LogP contribution in [-0.2, 0) is 0 Å². The van der Waals surface area contributed by atoms with Gasteiger partial charge in [-0.1, -0.05) is 53.8 Å². The third-order valence-electron chi connectivity index (χ3n) is 3.65. The van der Waals surface area contributed by atoms with Gasteiger partial charge in [-0.15, -0.1) is 0 Å². The summed E-state index contributed by atoms with van der Waals surface area (Å²) in [5, 5.41) is 3.16. The van der Waals surface area contributed by atoms with E-state index in [2.05, 4.69) is 10.3 Å². The summed E-state index contributed by atoms with van der Waals surface area (Å²) in [4.78, 5) is 29.6. The monoisotopic (exact) mass is 366 g/mol. The summed E-state index contributed by atoms with van der Waals surface area (Å²) in [5.41, 5.74) is 1.84. The van der Waals surface area contributed by atoms with Crippen molar-refractivity contribution in [3.8, 4) is 17.0 Å². The van der Waals surface area contributed by atoms with Crippen LogP contribution in [0.15, 0.2) is 54.6 Å². The molecular weight excluding hydrogens is 348 g/mol. The van der Waals surface area contributed by atoms with Crippen molar-refractivity contribution < 1.29 is 14.3 Å². The highest BCUT2D eigenvalue weighted by molar-refractivity contribution is 7.18. The molecule has 0 bridgehead atoms. The Hall–Kier alpha value is -2.99. The van der Waals surface area contributed by atoms with Crippen LogP contribution in [0.5, 0.6) is 5.75 Å². The average Bonchev–Trinajstić information content (AvgIpc) is 3.07. The van der Waals surface area contributed by atoms with E-state index in [9.17, 15) is 9.59 Å². The van der Waals surface area contributed by atoms with E-state index in [4.69, 9.17) is 4.74 Å². The molecule has 0 spiro atoms. The molecule has 0 saturated heterocycles. The van der Waals surface area contributed by atoms with Crippen molar-refractivity contribution in [2.24, 2.45) is 0 Å². The number of hydrogen-bond donors (Lipinski definition) is 1. The molecule has 0 aliphatic heterocycles. The number of amides is 1. The van der Waals surface area contributed by atoms with Crippen molar-refractivity contribution in [3.05, 3.63) is 65.0 Å². The van der Waals surface area contributed by atoms with E-state index < -0.39 is 0 Å². The number of nitrogens with zero attached hydrogens (tertiary/aromatic N) is 1. The van der Waals surface area contributed by atoms with Gasteiger partial charge in [0, 0.05) is 12.5 Å². The van der Waals surface area contributed by atoms with Gasteiger partial charge in [0.15, 0.2) is 10.9 Å². The summed E-state index contributed by atoms with van der Waals surface area (Å²) >= 11 is 1.17. The maximum Gasteiger partial charge on any atom is 0.261 e. The molecule has 0 fully saturated rings. The molecule has 0 atom stereocenters. The van der Waals surface area contributed by atoms with Crippen LogP contribution >= 0.6 is 11.3 Å². The highest BCUT2D eigenvalue weighted by Gasteiger charge is 2.19. The number of anilines is 1. The first-order chi connectivity index (χ1) is 12.6. The average molecular weight is 366 g/mol. The second-order valence-electron chi connectivity index (χ2n) is 5.50. The zero-order valence-electron chi connectivity index (χ0n) is 14.5. The number of para-hydroxylation sites is 1. The number of ketones is 1. The second kappa shape index (κ2) is 7.93. The molecule has 3 rings (SSSR count). The van der Waals surface area contributed by atoms with Gasteiger partial charge in [0.2, 0.25) is 0 Å². The first kappa shape index (κ1) is 17.8. The van der Waals surface area contributed by atoms with Crippen LogP contribution in [0.25, 0.3) is 11.3 Å². The number of nitrogens with one attached hydrogen (secondary N) is 1. The molecule has 1 amide bonds. The highest BCUT2D eigenvalue weighted by Crippen LogP contribution is 2.32. The van der Waals surface area contributed by atoms with Gasteiger partial charge in [-0.05, 0) is 19.1 Å². The zero-order valence-corrected chi connectivity index (χ0v) is 15.3. The van der Waals surface area contributed by atoms with Crippen LogP contribution in [-0.4, -0.2) is 23.3 Å². The maximum atomic E-state index is 12.6. The molecule has 6 heteroatoms. The topological polar surface area (TPSA) is 68.3 Å². The van der Waals surface area contributed by atoms with Crippen molar-refractivity contribution in [3.63, 3.8) is 0 Å². The van der Waals surface area contributed by atoms with Crippen molar-refractivity contribution in [2.45, 2.75) is 13.8 Å². The Bertz CT molecular complexity index is 935. The normalized spacial score (nSPS) is 10.4. The summed E-state index contributed by atoms with van der Waals surface area (Å²) in [6.45, 7) is 3.82. The minimum absolute atomic E-state index is 0.0865. The van der Waals surface area contributed by atoms with Crippen LogP contribution in [0.1, 0.15) is 33.9 Å². The predicted octanol–water partition coefficient (Wildman–Crippen LogP) is 4.66. The Kier molecular flexibility index (Phi) is 5.43. The van der Waals surface area contributed by atoms with Crippen molar-refractivity contribution >= 4 is 28.2 Å². The SMILES string of the molecule is CCOc1ccccc1C(=O)Nc1nc(-c2ccccc2)c(C(C)=O)s1. The summed E-state index contributed by atoms with van der Waals surface area (Å²) in [6, 6.07) is 16.5. The van der Waals surface area contributed by atoms with Gasteiger partial charge < -0.3 is 4.74 Å². The molecule has 1 aromatic heterocycles. The lowest BCUT2D eigenvalue weighted by molar-refractivity contribution is 0.101. The zero-order chi connectivity index (χ0) is 18.5. The largest absolute Gasteiger partial charge is 0.493 e. The fourth-order valence-electron chi connectivity index (χ4n) is 2.50. The lowest BCUT2D eigenvalue weighted by Crippen LogP contribution is -2.13. The van der Waals surface area contributed by atoms with Gasteiger partial charge in [-0.25, -0.2) is 4.98 Å². The molecule has 0 aliphatic carbocycles. The number of rotatable bonds is 6. The molecule has 3 aromatic rings. The Morgan fingerprint density at radius 3 is 2.46 bits per heavy atom. The fraction of sp³-hybridized carbons (Fsp3) is 0.150. The Morgan fingerprint density at radius 1 is 1.08 bits per heavy atom. The van der Waals surface area contributed by atoms with E-state index >= 15 is 0 Å². The van der Waals surface area contributed by atoms with E-state index in [1.807, 2.05) is 43.3 Å². The van der Waals surface area contributed by atoms with Crippen LogP contribution in [0.3, 0.4) is 0 Å². The number of aromatic nitrogens is 1. The van der Waals surface area contributed by atoms with E-state index in [1.54, 1.807) is 18.2 Å². The van der Waals surface area contributed by atoms with Gasteiger partial charge in [-0.2, -0.15) is 0 Å². The number of carbonyl (C=O) groups excluding carboxylic acids is 2. The molecule has 0 aliphatic rings. The van der Waals surface area contributed by atoms with Gasteiger partial charge in [0.1, 0.15) is 5.75 Å². The maximum absolute atomic E-state index is 12.6. The van der Waals surface area contributed by atoms with Gasteiger partial charge in [0.05, 0.1) is 22.7 Å².